The Bertz CT molecular complexity index is 325. The molecule has 1 fully saturated rings. The summed E-state index contributed by atoms with van der Waals surface area (Å²) in [5.74, 6) is 0.674. The standard InChI is InChI=1S/C11H24N2O2S/c1-9-7-11(2,3)8-10(9)12-5-6-13-16(4,14)15/h9-10,12-13H,5-8H2,1-4H3. The lowest BCUT2D eigenvalue weighted by Crippen LogP contribution is -2.38. The molecule has 5 heteroatoms. The lowest BCUT2D eigenvalue weighted by Gasteiger charge is -2.18. The Hall–Kier alpha value is -0.130. The third-order valence-electron chi connectivity index (χ3n) is 3.23. The first kappa shape index (κ1) is 13.9. The van der Waals surface area contributed by atoms with Crippen molar-refractivity contribution in [2.45, 2.75) is 39.7 Å². The summed E-state index contributed by atoms with van der Waals surface area (Å²) in [6.07, 6.45) is 3.60. The van der Waals surface area contributed by atoms with E-state index in [0.29, 0.717) is 30.5 Å². The van der Waals surface area contributed by atoms with Crippen molar-refractivity contribution < 1.29 is 8.42 Å². The molecule has 0 aliphatic heterocycles. The second-order valence-corrected chi connectivity index (χ2v) is 7.61. The Morgan fingerprint density at radius 2 is 1.88 bits per heavy atom. The Morgan fingerprint density at radius 1 is 1.25 bits per heavy atom. The van der Waals surface area contributed by atoms with E-state index in [4.69, 9.17) is 0 Å². The van der Waals surface area contributed by atoms with Crippen LogP contribution in [-0.4, -0.2) is 33.8 Å². The van der Waals surface area contributed by atoms with Crippen LogP contribution in [0.2, 0.25) is 0 Å². The topological polar surface area (TPSA) is 58.2 Å². The van der Waals surface area contributed by atoms with E-state index in [1.807, 2.05) is 0 Å². The van der Waals surface area contributed by atoms with Crippen LogP contribution < -0.4 is 10.0 Å². The zero-order chi connectivity index (χ0) is 12.4. The normalized spacial score (nSPS) is 29.5. The highest BCUT2D eigenvalue weighted by Gasteiger charge is 2.35. The van der Waals surface area contributed by atoms with Crippen molar-refractivity contribution in [2.24, 2.45) is 11.3 Å². The molecule has 0 aromatic carbocycles. The average molecular weight is 248 g/mol. The average Bonchev–Trinajstić information content (AvgIpc) is 2.32. The molecule has 1 saturated carbocycles. The van der Waals surface area contributed by atoms with Gasteiger partial charge in [-0.05, 0) is 24.2 Å². The molecule has 0 bridgehead atoms. The van der Waals surface area contributed by atoms with Gasteiger partial charge >= 0.3 is 0 Å². The van der Waals surface area contributed by atoms with Gasteiger partial charge in [-0.1, -0.05) is 20.8 Å². The highest BCUT2D eigenvalue weighted by atomic mass is 32.2. The summed E-state index contributed by atoms with van der Waals surface area (Å²) < 4.78 is 24.2. The molecule has 0 aromatic rings. The van der Waals surface area contributed by atoms with Crippen LogP contribution in [0.25, 0.3) is 0 Å². The molecule has 2 N–H and O–H groups in total. The van der Waals surface area contributed by atoms with Gasteiger partial charge in [0.05, 0.1) is 6.26 Å². The van der Waals surface area contributed by atoms with Crippen LogP contribution >= 0.6 is 0 Å². The number of nitrogens with one attached hydrogen (secondary N) is 2. The fraction of sp³-hybridized carbons (Fsp3) is 1.00. The fourth-order valence-electron chi connectivity index (χ4n) is 2.66. The largest absolute Gasteiger partial charge is 0.312 e. The predicted molar refractivity (Wildman–Crippen MR) is 66.8 cm³/mol. The molecule has 1 aliphatic rings. The molecule has 0 radical (unpaired) electrons. The van der Waals surface area contributed by atoms with E-state index >= 15 is 0 Å². The first-order valence-corrected chi connectivity index (χ1v) is 7.77. The number of hydrogen-bond acceptors (Lipinski definition) is 3. The minimum Gasteiger partial charge on any atom is -0.312 e. The molecule has 0 spiro atoms. The first-order chi connectivity index (χ1) is 7.20. The van der Waals surface area contributed by atoms with Crippen molar-refractivity contribution in [1.82, 2.24) is 10.0 Å². The molecule has 0 amide bonds. The summed E-state index contributed by atoms with van der Waals surface area (Å²) in [5, 5.41) is 3.43. The second-order valence-electron chi connectivity index (χ2n) is 5.78. The third-order valence-corrected chi connectivity index (χ3v) is 3.96. The summed E-state index contributed by atoms with van der Waals surface area (Å²) in [7, 11) is -3.05. The zero-order valence-electron chi connectivity index (χ0n) is 10.7. The fourth-order valence-corrected chi connectivity index (χ4v) is 3.13. The zero-order valence-corrected chi connectivity index (χ0v) is 11.5. The van der Waals surface area contributed by atoms with Gasteiger partial charge < -0.3 is 5.32 Å². The van der Waals surface area contributed by atoms with Gasteiger partial charge in [0.25, 0.3) is 0 Å². The van der Waals surface area contributed by atoms with E-state index in [1.165, 1.54) is 19.1 Å². The molecule has 1 rings (SSSR count). The highest BCUT2D eigenvalue weighted by molar-refractivity contribution is 7.88. The summed E-state index contributed by atoms with van der Waals surface area (Å²) in [6, 6.07) is 0.524. The van der Waals surface area contributed by atoms with Gasteiger partial charge in [-0.15, -0.1) is 0 Å². The maximum Gasteiger partial charge on any atom is 0.208 e. The van der Waals surface area contributed by atoms with Crippen molar-refractivity contribution in [3.63, 3.8) is 0 Å². The Labute approximate surface area is 99.2 Å². The van der Waals surface area contributed by atoms with Crippen LogP contribution in [0.1, 0.15) is 33.6 Å². The smallest absolute Gasteiger partial charge is 0.208 e. The van der Waals surface area contributed by atoms with Crippen molar-refractivity contribution in [3.8, 4) is 0 Å². The lowest BCUT2D eigenvalue weighted by molar-refractivity contribution is 0.362. The number of hydrogen-bond donors (Lipinski definition) is 2. The Morgan fingerprint density at radius 3 is 2.31 bits per heavy atom. The van der Waals surface area contributed by atoms with Crippen LogP contribution in [0, 0.1) is 11.3 Å². The lowest BCUT2D eigenvalue weighted by atomic mass is 9.91. The molecule has 1 aliphatic carbocycles. The van der Waals surface area contributed by atoms with E-state index in [0.717, 1.165) is 0 Å². The van der Waals surface area contributed by atoms with E-state index in [-0.39, 0.29) is 0 Å². The van der Waals surface area contributed by atoms with Crippen molar-refractivity contribution in [1.29, 1.82) is 0 Å². The summed E-state index contributed by atoms with van der Waals surface area (Å²) in [4.78, 5) is 0. The molecule has 0 saturated heterocycles. The Balaban J connectivity index is 2.24. The summed E-state index contributed by atoms with van der Waals surface area (Å²) >= 11 is 0. The van der Waals surface area contributed by atoms with E-state index in [1.54, 1.807) is 0 Å². The Kier molecular flexibility index (Phi) is 4.37. The summed E-state index contributed by atoms with van der Waals surface area (Å²) in [6.45, 7) is 8.02. The van der Waals surface area contributed by atoms with Crippen LogP contribution in [0.4, 0.5) is 0 Å². The maximum absolute atomic E-state index is 10.9. The van der Waals surface area contributed by atoms with Crippen LogP contribution in [0.3, 0.4) is 0 Å². The molecular formula is C11H24N2O2S. The first-order valence-electron chi connectivity index (χ1n) is 5.88. The minimum absolute atomic E-state index is 0.418. The molecule has 0 heterocycles. The van der Waals surface area contributed by atoms with Crippen molar-refractivity contribution >= 4 is 10.0 Å². The number of sulfonamides is 1. The van der Waals surface area contributed by atoms with Crippen LogP contribution in [0.5, 0.6) is 0 Å². The van der Waals surface area contributed by atoms with Crippen LogP contribution in [-0.2, 0) is 10.0 Å². The second kappa shape index (κ2) is 5.02. The third kappa shape index (κ3) is 4.80. The molecule has 2 atom stereocenters. The van der Waals surface area contributed by atoms with Crippen LogP contribution in [0.15, 0.2) is 0 Å². The molecule has 96 valence electrons. The van der Waals surface area contributed by atoms with Gasteiger partial charge in [-0.25, -0.2) is 13.1 Å². The van der Waals surface area contributed by atoms with Gasteiger partial charge in [0.2, 0.25) is 10.0 Å². The monoisotopic (exact) mass is 248 g/mol. The van der Waals surface area contributed by atoms with E-state index in [2.05, 4.69) is 30.8 Å². The maximum atomic E-state index is 10.9. The van der Waals surface area contributed by atoms with E-state index in [9.17, 15) is 8.42 Å². The van der Waals surface area contributed by atoms with Gasteiger partial charge in [-0.2, -0.15) is 0 Å². The molecule has 16 heavy (non-hydrogen) atoms. The number of rotatable bonds is 5. The molecule has 2 unspecified atom stereocenters. The predicted octanol–water partition coefficient (Wildman–Crippen LogP) is 0.950. The van der Waals surface area contributed by atoms with E-state index < -0.39 is 10.0 Å². The minimum atomic E-state index is -3.05. The summed E-state index contributed by atoms with van der Waals surface area (Å²) in [5.41, 5.74) is 0.418. The van der Waals surface area contributed by atoms with Gasteiger partial charge in [0, 0.05) is 19.1 Å². The van der Waals surface area contributed by atoms with Crippen molar-refractivity contribution in [2.75, 3.05) is 19.3 Å². The SMILES string of the molecule is CC1CC(C)(C)CC1NCCNS(C)(=O)=O. The van der Waals surface area contributed by atoms with Gasteiger partial charge in [0.15, 0.2) is 0 Å². The van der Waals surface area contributed by atoms with Gasteiger partial charge in [-0.3, -0.25) is 0 Å². The quantitative estimate of drug-likeness (QED) is 0.712. The van der Waals surface area contributed by atoms with Gasteiger partial charge in [0.1, 0.15) is 0 Å². The molecule has 4 nitrogen and oxygen atoms in total. The van der Waals surface area contributed by atoms with Crippen molar-refractivity contribution in [3.05, 3.63) is 0 Å². The highest BCUT2D eigenvalue weighted by Crippen LogP contribution is 2.40. The molecular weight excluding hydrogens is 224 g/mol. The molecule has 0 aromatic heterocycles.